The molecule has 0 aliphatic rings. The first-order chi connectivity index (χ1) is 10.8. The van der Waals surface area contributed by atoms with E-state index >= 15 is 0 Å². The summed E-state index contributed by atoms with van der Waals surface area (Å²) in [7, 11) is 0. The molecular weight excluding hydrogens is 365 g/mol. The predicted molar refractivity (Wildman–Crippen MR) is 89.6 cm³/mol. The van der Waals surface area contributed by atoms with Crippen molar-refractivity contribution in [1.82, 2.24) is 0 Å². The number of hydrogen-bond acceptors (Lipinski definition) is 3. The van der Waals surface area contributed by atoms with Gasteiger partial charge in [-0.2, -0.15) is 0 Å². The summed E-state index contributed by atoms with van der Waals surface area (Å²) in [6.45, 7) is 3.67. The van der Waals surface area contributed by atoms with E-state index in [1.54, 1.807) is 18.2 Å². The van der Waals surface area contributed by atoms with E-state index in [0.29, 0.717) is 10.0 Å². The molecule has 0 atom stereocenters. The molecule has 0 saturated heterocycles. The van der Waals surface area contributed by atoms with Crippen LogP contribution in [0, 0.1) is 5.82 Å². The third kappa shape index (κ3) is 6.20. The zero-order valence-electron chi connectivity index (χ0n) is 12.8. The fourth-order valence-electron chi connectivity index (χ4n) is 1.59. The second-order valence-corrected chi connectivity index (χ2v) is 5.64. The molecule has 0 fully saturated rings. The van der Waals surface area contributed by atoms with Crippen LogP contribution in [0.4, 0.5) is 4.39 Å². The van der Waals surface area contributed by atoms with E-state index in [9.17, 15) is 14.0 Å². The second-order valence-electron chi connectivity index (χ2n) is 4.78. The molecule has 0 aliphatic heterocycles. The molecule has 0 radical (unpaired) electrons. The van der Waals surface area contributed by atoms with Crippen molar-refractivity contribution in [3.05, 3.63) is 69.9 Å². The molecule has 2 N–H and O–H groups in total. The van der Waals surface area contributed by atoms with Crippen LogP contribution in [0.5, 0.6) is 0 Å². The first-order valence-electron chi connectivity index (χ1n) is 6.82. The average molecular weight is 382 g/mol. The second kappa shape index (κ2) is 9.05. The molecule has 2 aromatic carbocycles. The van der Waals surface area contributed by atoms with Crippen LogP contribution in [0.25, 0.3) is 0 Å². The van der Waals surface area contributed by atoms with Crippen LogP contribution in [-0.4, -0.2) is 18.0 Å². The van der Waals surface area contributed by atoms with Crippen LogP contribution in [-0.2, 0) is 4.74 Å². The molecule has 2 rings (SSSR count). The van der Waals surface area contributed by atoms with Crippen molar-refractivity contribution in [3.63, 3.8) is 0 Å². The number of ether oxygens (including phenoxy) is 1. The van der Waals surface area contributed by atoms with Gasteiger partial charge in [-0.25, -0.2) is 9.18 Å². The standard InChI is InChI=1S/C10H12O2.C7H5BrFNO/c1-8(2)12-10(11)9-6-4-3-5-7-9;8-4-2-1-3-5(9)6(4)7(10)11/h3-8H,1-2H3;1-3H,(H2,10,11). The average Bonchev–Trinajstić information content (AvgIpc) is 2.47. The van der Waals surface area contributed by atoms with Crippen LogP contribution in [0.3, 0.4) is 0 Å². The fourth-order valence-corrected chi connectivity index (χ4v) is 2.13. The summed E-state index contributed by atoms with van der Waals surface area (Å²) in [5.74, 6) is -1.63. The zero-order chi connectivity index (χ0) is 17.4. The Hall–Kier alpha value is -2.21. The Morgan fingerprint density at radius 3 is 2.13 bits per heavy atom. The molecule has 23 heavy (non-hydrogen) atoms. The molecule has 122 valence electrons. The molecule has 6 heteroatoms. The van der Waals surface area contributed by atoms with Crippen molar-refractivity contribution in [2.75, 3.05) is 0 Å². The lowest BCUT2D eigenvalue weighted by Crippen LogP contribution is -2.13. The minimum absolute atomic E-state index is 0.0577. The Morgan fingerprint density at radius 2 is 1.70 bits per heavy atom. The van der Waals surface area contributed by atoms with E-state index in [1.165, 1.54) is 12.1 Å². The van der Waals surface area contributed by atoms with Gasteiger partial charge in [-0.05, 0) is 54.0 Å². The predicted octanol–water partition coefficient (Wildman–Crippen LogP) is 3.94. The van der Waals surface area contributed by atoms with Gasteiger partial charge in [0.1, 0.15) is 5.82 Å². The number of nitrogens with two attached hydrogens (primary N) is 1. The monoisotopic (exact) mass is 381 g/mol. The van der Waals surface area contributed by atoms with Crippen molar-refractivity contribution >= 4 is 27.8 Å². The third-order valence-corrected chi connectivity index (χ3v) is 3.22. The molecule has 0 unspecified atom stereocenters. The molecule has 2 aromatic rings. The zero-order valence-corrected chi connectivity index (χ0v) is 14.3. The van der Waals surface area contributed by atoms with Crippen LogP contribution < -0.4 is 5.73 Å². The first-order valence-corrected chi connectivity index (χ1v) is 7.62. The van der Waals surface area contributed by atoms with Gasteiger partial charge in [-0.15, -0.1) is 0 Å². The lowest BCUT2D eigenvalue weighted by Gasteiger charge is -2.06. The SMILES string of the molecule is CC(C)OC(=O)c1ccccc1.NC(=O)c1c(F)cccc1Br. The van der Waals surface area contributed by atoms with E-state index in [-0.39, 0.29) is 17.6 Å². The number of carbonyl (C=O) groups excluding carboxylic acids is 2. The number of rotatable bonds is 3. The van der Waals surface area contributed by atoms with E-state index in [1.807, 2.05) is 32.0 Å². The van der Waals surface area contributed by atoms with Gasteiger partial charge in [0.05, 0.1) is 17.2 Å². The number of esters is 1. The van der Waals surface area contributed by atoms with Gasteiger partial charge in [0.2, 0.25) is 0 Å². The van der Waals surface area contributed by atoms with Crippen LogP contribution >= 0.6 is 15.9 Å². The molecule has 0 heterocycles. The highest BCUT2D eigenvalue weighted by Crippen LogP contribution is 2.18. The van der Waals surface area contributed by atoms with Crippen molar-refractivity contribution in [3.8, 4) is 0 Å². The number of hydrogen-bond donors (Lipinski definition) is 1. The molecule has 0 aromatic heterocycles. The van der Waals surface area contributed by atoms with Crippen molar-refractivity contribution in [2.45, 2.75) is 20.0 Å². The van der Waals surface area contributed by atoms with Gasteiger partial charge in [-0.3, -0.25) is 4.79 Å². The summed E-state index contributed by atoms with van der Waals surface area (Å²) >= 11 is 3.01. The molecule has 0 saturated carbocycles. The summed E-state index contributed by atoms with van der Waals surface area (Å²) in [6.07, 6.45) is -0.0577. The number of amides is 1. The highest BCUT2D eigenvalue weighted by atomic mass is 79.9. The van der Waals surface area contributed by atoms with Crippen molar-refractivity contribution in [2.24, 2.45) is 5.73 Å². The van der Waals surface area contributed by atoms with E-state index in [0.717, 1.165) is 0 Å². The summed E-state index contributed by atoms with van der Waals surface area (Å²) < 4.78 is 18.1. The number of benzene rings is 2. The Balaban J connectivity index is 0.000000231. The van der Waals surface area contributed by atoms with Gasteiger partial charge < -0.3 is 10.5 Å². The quantitative estimate of drug-likeness (QED) is 0.818. The Labute approximate surface area is 142 Å². The summed E-state index contributed by atoms with van der Waals surface area (Å²) in [4.78, 5) is 21.8. The summed E-state index contributed by atoms with van der Waals surface area (Å²) in [5.41, 5.74) is 5.41. The van der Waals surface area contributed by atoms with E-state index < -0.39 is 11.7 Å². The molecule has 1 amide bonds. The number of carbonyl (C=O) groups is 2. The summed E-state index contributed by atoms with van der Waals surface area (Å²) in [5, 5.41) is 0. The van der Waals surface area contributed by atoms with Crippen LogP contribution in [0.2, 0.25) is 0 Å². The Kier molecular flexibility index (Phi) is 7.41. The number of primary amides is 1. The third-order valence-electron chi connectivity index (χ3n) is 2.56. The largest absolute Gasteiger partial charge is 0.459 e. The van der Waals surface area contributed by atoms with Gasteiger partial charge in [0, 0.05) is 4.47 Å². The maximum atomic E-state index is 12.8. The topological polar surface area (TPSA) is 69.4 Å². The maximum Gasteiger partial charge on any atom is 0.338 e. The molecular formula is C17H17BrFNO3. The summed E-state index contributed by atoms with van der Waals surface area (Å²) in [6, 6.07) is 13.2. The fraction of sp³-hybridized carbons (Fsp3) is 0.176. The lowest BCUT2D eigenvalue weighted by molar-refractivity contribution is 0.0378. The molecule has 4 nitrogen and oxygen atoms in total. The Morgan fingerprint density at radius 1 is 1.09 bits per heavy atom. The molecule has 0 spiro atoms. The van der Waals surface area contributed by atoms with Gasteiger partial charge in [0.15, 0.2) is 0 Å². The minimum atomic E-state index is -0.769. The lowest BCUT2D eigenvalue weighted by atomic mass is 10.2. The van der Waals surface area contributed by atoms with Crippen LogP contribution in [0.15, 0.2) is 53.0 Å². The van der Waals surface area contributed by atoms with Crippen LogP contribution in [0.1, 0.15) is 34.6 Å². The van der Waals surface area contributed by atoms with Crippen molar-refractivity contribution < 1.29 is 18.7 Å². The highest BCUT2D eigenvalue weighted by molar-refractivity contribution is 9.10. The normalized spacial score (nSPS) is 9.78. The smallest absolute Gasteiger partial charge is 0.338 e. The van der Waals surface area contributed by atoms with Gasteiger partial charge >= 0.3 is 5.97 Å². The maximum absolute atomic E-state index is 12.8. The Bertz CT molecular complexity index is 655. The van der Waals surface area contributed by atoms with Gasteiger partial charge in [0.25, 0.3) is 5.91 Å². The van der Waals surface area contributed by atoms with E-state index in [2.05, 4.69) is 15.9 Å². The minimum Gasteiger partial charge on any atom is -0.459 e. The number of halogens is 2. The van der Waals surface area contributed by atoms with Crippen molar-refractivity contribution in [1.29, 1.82) is 0 Å². The van der Waals surface area contributed by atoms with Gasteiger partial charge in [-0.1, -0.05) is 24.3 Å². The molecule has 0 aliphatic carbocycles. The highest BCUT2D eigenvalue weighted by Gasteiger charge is 2.10. The first kappa shape index (κ1) is 18.8. The van der Waals surface area contributed by atoms with E-state index in [4.69, 9.17) is 10.5 Å². The molecule has 0 bridgehead atoms.